The van der Waals surface area contributed by atoms with Crippen LogP contribution >= 0.6 is 12.6 Å². The summed E-state index contributed by atoms with van der Waals surface area (Å²) in [5.41, 5.74) is 9.73. The minimum absolute atomic E-state index is 0.327. The molecule has 1 saturated heterocycles. The van der Waals surface area contributed by atoms with Crippen molar-refractivity contribution in [1.29, 1.82) is 0 Å². The third-order valence-corrected chi connectivity index (χ3v) is 4.90. The van der Waals surface area contributed by atoms with Gasteiger partial charge in [0.05, 0.1) is 11.2 Å². The Balaban J connectivity index is 2.40. The van der Waals surface area contributed by atoms with Gasteiger partial charge in [-0.1, -0.05) is 12.1 Å². The Bertz CT molecular complexity index is 476. The van der Waals surface area contributed by atoms with E-state index in [-0.39, 0.29) is 18.3 Å². The van der Waals surface area contributed by atoms with Crippen LogP contribution in [-0.2, 0) is 21.6 Å². The van der Waals surface area contributed by atoms with Crippen LogP contribution in [0.4, 0.5) is 0 Å². The molecule has 110 valence electrons. The first kappa shape index (κ1) is 15.9. The van der Waals surface area contributed by atoms with Crippen molar-refractivity contribution in [2.75, 3.05) is 0 Å². The maximum Gasteiger partial charge on any atom is 0.494 e. The van der Waals surface area contributed by atoms with Gasteiger partial charge in [0.25, 0.3) is 0 Å². The lowest BCUT2D eigenvalue weighted by Crippen LogP contribution is -2.41. The Labute approximate surface area is 127 Å². The highest BCUT2D eigenvalue weighted by Gasteiger charge is 2.51. The number of thiol groups is 1. The Hall–Kier alpha value is -0.485. The van der Waals surface area contributed by atoms with Crippen LogP contribution in [0.5, 0.6) is 0 Å². The molecule has 1 aromatic rings. The summed E-state index contributed by atoms with van der Waals surface area (Å²) < 4.78 is 12.2. The SMILES string of the molecule is Cc1c(CN)cc(B2OC(C)(C)C(C)(C)O2)cc1CS. The zero-order valence-electron chi connectivity index (χ0n) is 13.0. The summed E-state index contributed by atoms with van der Waals surface area (Å²) in [6.07, 6.45) is 0. The Morgan fingerprint density at radius 3 is 2.05 bits per heavy atom. The monoisotopic (exact) mass is 293 g/mol. The molecule has 0 atom stereocenters. The molecule has 0 aliphatic carbocycles. The van der Waals surface area contributed by atoms with Crippen molar-refractivity contribution in [3.05, 3.63) is 28.8 Å². The van der Waals surface area contributed by atoms with E-state index in [4.69, 9.17) is 15.0 Å². The van der Waals surface area contributed by atoms with Crippen LogP contribution in [0.3, 0.4) is 0 Å². The number of hydrogen-bond acceptors (Lipinski definition) is 4. The first-order valence-electron chi connectivity index (χ1n) is 7.00. The maximum absolute atomic E-state index is 6.10. The second-order valence-electron chi connectivity index (χ2n) is 6.41. The third-order valence-electron chi connectivity index (χ3n) is 4.56. The van der Waals surface area contributed by atoms with Gasteiger partial charge < -0.3 is 15.0 Å². The van der Waals surface area contributed by atoms with Crippen LogP contribution in [-0.4, -0.2) is 18.3 Å². The molecule has 3 nitrogen and oxygen atoms in total. The highest BCUT2D eigenvalue weighted by atomic mass is 32.1. The van der Waals surface area contributed by atoms with Crippen molar-refractivity contribution in [2.24, 2.45) is 5.73 Å². The van der Waals surface area contributed by atoms with E-state index in [0.717, 1.165) is 11.0 Å². The number of nitrogens with two attached hydrogens (primary N) is 1. The minimum Gasteiger partial charge on any atom is -0.399 e. The van der Waals surface area contributed by atoms with Gasteiger partial charge in [-0.25, -0.2) is 0 Å². The molecular formula is C15H24BNO2S. The van der Waals surface area contributed by atoms with Crippen molar-refractivity contribution < 1.29 is 9.31 Å². The zero-order chi connectivity index (χ0) is 15.1. The van der Waals surface area contributed by atoms with Gasteiger partial charge in [-0.3, -0.25) is 0 Å². The second kappa shape index (κ2) is 5.37. The summed E-state index contributed by atoms with van der Waals surface area (Å²) in [6.45, 7) is 10.8. The molecule has 0 unspecified atom stereocenters. The molecule has 0 spiro atoms. The lowest BCUT2D eigenvalue weighted by Gasteiger charge is -2.32. The topological polar surface area (TPSA) is 44.5 Å². The highest BCUT2D eigenvalue weighted by Crippen LogP contribution is 2.36. The fourth-order valence-corrected chi connectivity index (χ4v) is 2.69. The van der Waals surface area contributed by atoms with Crippen molar-refractivity contribution in [1.82, 2.24) is 0 Å². The van der Waals surface area contributed by atoms with E-state index in [1.807, 2.05) is 0 Å². The van der Waals surface area contributed by atoms with Crippen molar-refractivity contribution in [2.45, 2.75) is 58.1 Å². The molecule has 1 heterocycles. The van der Waals surface area contributed by atoms with Gasteiger partial charge >= 0.3 is 7.12 Å². The predicted octanol–water partition coefficient (Wildman–Crippen LogP) is 2.18. The molecule has 0 radical (unpaired) electrons. The number of rotatable bonds is 3. The molecule has 1 fully saturated rings. The summed E-state index contributed by atoms with van der Waals surface area (Å²) in [4.78, 5) is 0. The zero-order valence-corrected chi connectivity index (χ0v) is 13.9. The Kier molecular flexibility index (Phi) is 4.27. The fourth-order valence-electron chi connectivity index (χ4n) is 2.36. The van der Waals surface area contributed by atoms with Crippen LogP contribution < -0.4 is 11.2 Å². The number of hydrogen-bond donors (Lipinski definition) is 2. The largest absolute Gasteiger partial charge is 0.494 e. The van der Waals surface area contributed by atoms with E-state index in [9.17, 15) is 0 Å². The first-order chi connectivity index (χ1) is 9.21. The van der Waals surface area contributed by atoms with E-state index >= 15 is 0 Å². The molecule has 0 bridgehead atoms. The van der Waals surface area contributed by atoms with E-state index in [0.29, 0.717) is 12.3 Å². The molecule has 0 amide bonds. The number of benzene rings is 1. The van der Waals surface area contributed by atoms with Gasteiger partial charge in [0, 0.05) is 12.3 Å². The average Bonchev–Trinajstić information content (AvgIpc) is 2.58. The van der Waals surface area contributed by atoms with Gasteiger partial charge in [0.1, 0.15) is 0 Å². The molecule has 0 saturated carbocycles. The van der Waals surface area contributed by atoms with Gasteiger partial charge in [-0.05, 0) is 56.8 Å². The lowest BCUT2D eigenvalue weighted by atomic mass is 9.76. The third kappa shape index (κ3) is 2.64. The summed E-state index contributed by atoms with van der Waals surface area (Å²) in [5, 5.41) is 0. The Morgan fingerprint density at radius 1 is 1.10 bits per heavy atom. The quantitative estimate of drug-likeness (QED) is 0.663. The van der Waals surface area contributed by atoms with Crippen molar-refractivity contribution in [3.8, 4) is 0 Å². The van der Waals surface area contributed by atoms with Crippen LogP contribution in [0.1, 0.15) is 44.4 Å². The summed E-state index contributed by atoms with van der Waals surface area (Å²) in [7, 11) is -0.343. The van der Waals surface area contributed by atoms with E-state index in [1.165, 1.54) is 11.1 Å². The van der Waals surface area contributed by atoms with Gasteiger partial charge in [-0.15, -0.1) is 0 Å². The minimum atomic E-state index is -0.343. The molecule has 1 aliphatic heterocycles. The van der Waals surface area contributed by atoms with Crippen molar-refractivity contribution in [3.63, 3.8) is 0 Å². The predicted molar refractivity (Wildman–Crippen MR) is 87.5 cm³/mol. The molecular weight excluding hydrogens is 269 g/mol. The standard InChI is InChI=1S/C15H24BNO2S/c1-10-11(8-17)6-13(7-12(10)9-20)16-18-14(2,3)15(4,5)19-16/h6-7,20H,8-9,17H2,1-5H3. The average molecular weight is 293 g/mol. The van der Waals surface area contributed by atoms with Crippen LogP contribution in [0.2, 0.25) is 0 Å². The molecule has 2 rings (SSSR count). The van der Waals surface area contributed by atoms with Gasteiger partial charge in [0.15, 0.2) is 0 Å². The van der Waals surface area contributed by atoms with Crippen molar-refractivity contribution >= 4 is 25.2 Å². The molecule has 5 heteroatoms. The van der Waals surface area contributed by atoms with Crippen LogP contribution in [0, 0.1) is 6.92 Å². The molecule has 2 N–H and O–H groups in total. The fraction of sp³-hybridized carbons (Fsp3) is 0.600. The highest BCUT2D eigenvalue weighted by molar-refractivity contribution is 7.79. The maximum atomic E-state index is 6.10. The first-order valence-corrected chi connectivity index (χ1v) is 7.64. The lowest BCUT2D eigenvalue weighted by molar-refractivity contribution is 0.00578. The molecule has 1 aromatic carbocycles. The molecule has 1 aliphatic rings. The van der Waals surface area contributed by atoms with Gasteiger partial charge in [0.2, 0.25) is 0 Å². The summed E-state index contributed by atoms with van der Waals surface area (Å²) >= 11 is 4.40. The van der Waals surface area contributed by atoms with E-state index in [1.54, 1.807) is 0 Å². The molecule has 20 heavy (non-hydrogen) atoms. The van der Waals surface area contributed by atoms with E-state index in [2.05, 4.69) is 59.4 Å². The normalized spacial score (nSPS) is 20.4. The molecule has 0 aromatic heterocycles. The smallest absolute Gasteiger partial charge is 0.399 e. The Morgan fingerprint density at radius 2 is 1.60 bits per heavy atom. The van der Waals surface area contributed by atoms with Gasteiger partial charge in [-0.2, -0.15) is 12.6 Å². The van der Waals surface area contributed by atoms with Crippen LogP contribution in [0.25, 0.3) is 0 Å². The van der Waals surface area contributed by atoms with E-state index < -0.39 is 0 Å². The van der Waals surface area contributed by atoms with Crippen LogP contribution in [0.15, 0.2) is 12.1 Å². The summed E-state index contributed by atoms with van der Waals surface area (Å²) in [5.74, 6) is 0.687. The second-order valence-corrected chi connectivity index (χ2v) is 6.73. The summed E-state index contributed by atoms with van der Waals surface area (Å²) in [6, 6.07) is 4.20.